The molecule has 13 nitrogen and oxygen atoms in total. The van der Waals surface area contributed by atoms with Crippen molar-refractivity contribution in [3.63, 3.8) is 0 Å². The van der Waals surface area contributed by atoms with Crippen molar-refractivity contribution in [2.75, 3.05) is 31.3 Å². The molecule has 4 rings (SSSR count). The molecule has 50 heavy (non-hydrogen) atoms. The van der Waals surface area contributed by atoms with Crippen LogP contribution in [0.5, 0.6) is 5.75 Å². The molecule has 3 amide bonds. The fraction of sp³-hybridized carbons (Fsp3) is 0.444. The largest absolute Gasteiger partial charge is 0.494 e. The lowest BCUT2D eigenvalue weighted by molar-refractivity contribution is -0.171. The number of nitrogens with one attached hydrogen (secondary N) is 2. The van der Waals surface area contributed by atoms with Crippen molar-refractivity contribution in [2.24, 2.45) is 5.92 Å². The summed E-state index contributed by atoms with van der Waals surface area (Å²) in [4.78, 5) is 79.0. The maximum atomic E-state index is 13.5. The van der Waals surface area contributed by atoms with E-state index >= 15 is 0 Å². The zero-order valence-corrected chi connectivity index (χ0v) is 29.7. The minimum absolute atomic E-state index is 0.0219. The summed E-state index contributed by atoms with van der Waals surface area (Å²) in [7, 11) is -2.38. The monoisotopic (exact) mass is 710 g/mol. The third-order valence-electron chi connectivity index (χ3n) is 8.59. The number of rotatable bonds is 19. The van der Waals surface area contributed by atoms with Gasteiger partial charge in [0.05, 0.1) is 30.8 Å². The number of hydrogen-bond acceptors (Lipinski definition) is 10. The quantitative estimate of drug-likeness (QED) is 0.0442. The highest BCUT2D eigenvalue weighted by atomic mass is 31.2. The van der Waals surface area contributed by atoms with Crippen LogP contribution in [-0.2, 0) is 14.4 Å². The summed E-state index contributed by atoms with van der Waals surface area (Å²) >= 11 is 0. The number of carbonyl (C=O) groups excluding carboxylic acids is 4. The van der Waals surface area contributed by atoms with Crippen LogP contribution in [0.4, 0.5) is 5.69 Å². The first-order valence-electron chi connectivity index (χ1n) is 17.1. The Morgan fingerprint density at radius 2 is 1.74 bits per heavy atom. The predicted molar refractivity (Wildman–Crippen MR) is 190 cm³/mol. The average molecular weight is 711 g/mol. The molecular weight excluding hydrogens is 663 g/mol. The molecule has 0 aliphatic carbocycles. The topological polar surface area (TPSA) is 171 Å². The molecule has 2 aromatic carbocycles. The highest BCUT2D eigenvalue weighted by Gasteiger charge is 2.33. The van der Waals surface area contributed by atoms with Gasteiger partial charge in [0, 0.05) is 29.6 Å². The van der Waals surface area contributed by atoms with Crippen molar-refractivity contribution in [2.45, 2.75) is 71.8 Å². The molecule has 0 spiro atoms. The molecule has 1 aliphatic rings. The van der Waals surface area contributed by atoms with E-state index in [1.54, 1.807) is 37.3 Å². The van der Waals surface area contributed by atoms with Gasteiger partial charge in [-0.2, -0.15) is 5.06 Å². The van der Waals surface area contributed by atoms with Gasteiger partial charge in [-0.1, -0.05) is 33.1 Å². The highest BCUT2D eigenvalue weighted by Crippen LogP contribution is 2.31. The minimum Gasteiger partial charge on any atom is -0.494 e. The van der Waals surface area contributed by atoms with Gasteiger partial charge in [0.1, 0.15) is 11.5 Å². The lowest BCUT2D eigenvalue weighted by atomic mass is 9.90. The maximum absolute atomic E-state index is 13.5. The van der Waals surface area contributed by atoms with E-state index in [9.17, 15) is 29.0 Å². The van der Waals surface area contributed by atoms with Gasteiger partial charge < -0.3 is 39.3 Å². The van der Waals surface area contributed by atoms with Crippen LogP contribution < -0.4 is 25.6 Å². The van der Waals surface area contributed by atoms with Crippen LogP contribution in [0.25, 0.3) is 11.3 Å². The van der Waals surface area contributed by atoms with Gasteiger partial charge >= 0.3 is 5.97 Å². The molecule has 1 aromatic heterocycles. The number of amides is 3. The van der Waals surface area contributed by atoms with Crippen molar-refractivity contribution in [3.05, 3.63) is 65.9 Å². The molecule has 0 bridgehead atoms. The van der Waals surface area contributed by atoms with E-state index in [1.165, 1.54) is 12.1 Å². The number of furan rings is 1. The van der Waals surface area contributed by atoms with E-state index in [2.05, 4.69) is 15.5 Å². The number of benzene rings is 2. The Bertz CT molecular complexity index is 1570. The molecule has 14 heteroatoms. The molecule has 1 saturated heterocycles. The average Bonchev–Trinajstić information content (AvgIpc) is 3.84. The molecule has 1 aliphatic heterocycles. The summed E-state index contributed by atoms with van der Waals surface area (Å²) in [6.45, 7) is 7.76. The van der Waals surface area contributed by atoms with Crippen molar-refractivity contribution < 1.29 is 43.0 Å². The molecule has 1 fully saturated rings. The van der Waals surface area contributed by atoms with Gasteiger partial charge in [-0.15, -0.1) is 0 Å². The second-order valence-corrected chi connectivity index (χ2v) is 13.1. The lowest BCUT2D eigenvalue weighted by Crippen LogP contribution is -2.49. The fourth-order valence-electron chi connectivity index (χ4n) is 5.99. The van der Waals surface area contributed by atoms with Crippen LogP contribution in [0.2, 0.25) is 0 Å². The number of hydroxylamine groups is 2. The maximum Gasteiger partial charge on any atom is 0.363 e. The SMILES string of the molecule is CCCCCC(C(=O)NCNC(=O)c1ccc(-c2cc(OCC)cc(P(O)O)c2)o1)C(CC)N(C=O)OC(=O)c1ccc(N2CCCC2)cc1. The van der Waals surface area contributed by atoms with Crippen molar-refractivity contribution in [1.82, 2.24) is 15.7 Å². The van der Waals surface area contributed by atoms with Crippen LogP contribution >= 0.6 is 8.38 Å². The van der Waals surface area contributed by atoms with Crippen LogP contribution in [0.3, 0.4) is 0 Å². The first kappa shape index (κ1) is 38.4. The van der Waals surface area contributed by atoms with Crippen LogP contribution in [0.15, 0.2) is 59.0 Å². The Hall–Kier alpha value is -4.45. The number of anilines is 1. The van der Waals surface area contributed by atoms with E-state index < -0.39 is 38.1 Å². The van der Waals surface area contributed by atoms with E-state index in [4.69, 9.17) is 14.0 Å². The summed E-state index contributed by atoms with van der Waals surface area (Å²) in [5.41, 5.74) is 1.81. The molecule has 2 heterocycles. The van der Waals surface area contributed by atoms with Crippen LogP contribution in [-0.4, -0.2) is 71.5 Å². The molecule has 2 unspecified atom stereocenters. The van der Waals surface area contributed by atoms with E-state index in [0.29, 0.717) is 54.9 Å². The van der Waals surface area contributed by atoms with E-state index in [0.717, 1.165) is 49.5 Å². The van der Waals surface area contributed by atoms with Gasteiger partial charge in [0.25, 0.3) is 5.91 Å². The van der Waals surface area contributed by atoms with Gasteiger partial charge in [-0.05, 0) is 87.2 Å². The normalized spacial score (nSPS) is 13.8. The third kappa shape index (κ3) is 10.3. The summed E-state index contributed by atoms with van der Waals surface area (Å²) in [6.07, 6.45) is 5.97. The Balaban J connectivity index is 1.38. The first-order valence-corrected chi connectivity index (χ1v) is 18.4. The lowest BCUT2D eigenvalue weighted by Gasteiger charge is -2.31. The zero-order valence-electron chi connectivity index (χ0n) is 28.8. The molecular formula is C36H47N4O9P. The molecule has 3 aromatic rings. The second-order valence-electron chi connectivity index (χ2n) is 12.0. The van der Waals surface area contributed by atoms with E-state index in [1.807, 2.05) is 26.0 Å². The highest BCUT2D eigenvalue weighted by molar-refractivity contribution is 7.54. The van der Waals surface area contributed by atoms with E-state index in [-0.39, 0.29) is 17.7 Å². The standard InChI is InChI=1S/C36H47N4O9P/c1-4-7-8-11-30(31(5-2)40(24-41)49-36(44)25-12-14-27(15-13-25)39-18-9-10-19-39)34(42)37-23-38-35(43)33-17-16-32(48-33)26-20-28(47-6-3)22-29(21-26)50(45)46/h12-17,20-22,24,30-31,45-46H,4-11,18-19,23H2,1-3H3,(H,37,42)(H,38,43). The smallest absolute Gasteiger partial charge is 0.363 e. The number of unbranched alkanes of at least 4 members (excludes halogenated alkanes) is 2. The van der Waals surface area contributed by atoms with Crippen LogP contribution in [0.1, 0.15) is 86.6 Å². The van der Waals surface area contributed by atoms with Crippen molar-refractivity contribution >= 4 is 43.6 Å². The number of ether oxygens (including phenoxy) is 1. The summed E-state index contributed by atoms with van der Waals surface area (Å²) in [5, 5.41) is 6.54. The van der Waals surface area contributed by atoms with Gasteiger partial charge in [-0.3, -0.25) is 14.4 Å². The number of nitrogens with zero attached hydrogens (tertiary/aromatic N) is 2. The summed E-state index contributed by atoms with van der Waals surface area (Å²) in [6, 6.07) is 14.1. The second kappa shape index (κ2) is 19.1. The molecule has 0 saturated carbocycles. The summed E-state index contributed by atoms with van der Waals surface area (Å²) < 4.78 is 11.3. The Labute approximate surface area is 293 Å². The van der Waals surface area contributed by atoms with Gasteiger partial charge in [0.15, 0.2) is 14.1 Å². The first-order chi connectivity index (χ1) is 24.2. The molecule has 270 valence electrons. The predicted octanol–water partition coefficient (Wildman–Crippen LogP) is 4.88. The number of hydrogen-bond donors (Lipinski definition) is 4. The van der Waals surface area contributed by atoms with Crippen molar-refractivity contribution in [3.8, 4) is 17.1 Å². The minimum atomic E-state index is -2.38. The number of carbonyl (C=O) groups is 4. The zero-order chi connectivity index (χ0) is 36.0. The summed E-state index contributed by atoms with van der Waals surface area (Å²) in [5.74, 6) is -1.69. The Morgan fingerprint density at radius 1 is 1.00 bits per heavy atom. The Morgan fingerprint density at radius 3 is 2.38 bits per heavy atom. The molecule has 4 N–H and O–H groups in total. The van der Waals surface area contributed by atoms with Crippen LogP contribution in [0, 0.1) is 5.92 Å². The fourth-order valence-corrected chi connectivity index (χ4v) is 6.49. The third-order valence-corrected chi connectivity index (χ3v) is 9.31. The Kier molecular flexibility index (Phi) is 14.6. The van der Waals surface area contributed by atoms with Crippen molar-refractivity contribution in [1.29, 1.82) is 0 Å². The molecule has 0 radical (unpaired) electrons. The molecule has 2 atom stereocenters. The van der Waals surface area contributed by atoms with Gasteiger partial charge in [-0.25, -0.2) is 4.79 Å². The van der Waals surface area contributed by atoms with Gasteiger partial charge in [0.2, 0.25) is 12.3 Å².